The fourth-order valence-electron chi connectivity index (χ4n) is 6.51. The van der Waals surface area contributed by atoms with E-state index in [9.17, 15) is 62.3 Å². The summed E-state index contributed by atoms with van der Waals surface area (Å²) in [6.45, 7) is -0.0866. The van der Waals surface area contributed by atoms with Crippen molar-refractivity contribution in [2.24, 2.45) is 0 Å². The largest absolute Gasteiger partial charge is 0.479 e. The second-order valence-corrected chi connectivity index (χ2v) is 12.9. The van der Waals surface area contributed by atoms with Gasteiger partial charge >= 0.3 is 11.9 Å². The molecule has 27 heteroatoms. The van der Waals surface area contributed by atoms with E-state index < -0.39 is 163 Å². The predicted molar refractivity (Wildman–Crippen MR) is 177 cm³/mol. The number of ether oxygens (including phenoxy) is 1. The number of carbonyl (C=O) groups excluding carboxylic acids is 1. The van der Waals surface area contributed by atoms with Crippen molar-refractivity contribution < 1.29 is 112 Å². The van der Waals surface area contributed by atoms with Gasteiger partial charge in [0.1, 0.15) is 52.7 Å². The lowest BCUT2D eigenvalue weighted by atomic mass is 9.12. The molecule has 65 heavy (non-hydrogen) atoms. The Morgan fingerprint density at radius 2 is 0.769 bits per heavy atom. The standard InChI is InChI=1S/C24BF20.C14H12N2O4/c26-5-1(6(27)14(35)21(42)13(5)34)25(2-7(28)15(36)22(43)16(37)8(2)29,3-9(30)17(38)23(44)18(39)10(3)31)4-11(32)19(40)24(45)20(41)12(4)33;17-13(18)10-20-14(19)12-9-16(7-6-15-12)8-11-4-2-1-3-5-11/h;1-7,9H,8,10H2/q-1;/p+1. The van der Waals surface area contributed by atoms with Crippen LogP contribution in [0.1, 0.15) is 16.1 Å². The molecule has 0 aliphatic rings. The maximum absolute atomic E-state index is 15.4. The van der Waals surface area contributed by atoms with E-state index in [0.717, 1.165) is 5.56 Å². The molecule has 0 fully saturated rings. The van der Waals surface area contributed by atoms with Crippen molar-refractivity contribution in [1.82, 2.24) is 4.98 Å². The Labute approximate surface area is 346 Å². The van der Waals surface area contributed by atoms with E-state index in [1.807, 2.05) is 30.3 Å². The number of rotatable bonds is 9. The topological polar surface area (TPSA) is 80.4 Å². The Hall–Kier alpha value is -7.22. The second kappa shape index (κ2) is 18.5. The molecule has 1 aromatic heterocycles. The molecule has 1 heterocycles. The zero-order valence-electron chi connectivity index (χ0n) is 30.7. The number of carboxylic acids is 1. The van der Waals surface area contributed by atoms with E-state index >= 15 is 35.1 Å². The monoisotopic (exact) mass is 952 g/mol. The summed E-state index contributed by atoms with van der Waals surface area (Å²) in [5, 5.41) is 8.46. The lowest BCUT2D eigenvalue weighted by Crippen LogP contribution is -2.81. The Bertz CT molecular complexity index is 2540. The molecule has 0 saturated carbocycles. The van der Waals surface area contributed by atoms with Gasteiger partial charge in [-0.15, -0.1) is 21.9 Å². The van der Waals surface area contributed by atoms with Gasteiger partial charge in [-0.1, -0.05) is 30.3 Å². The number of hydrogen-bond acceptors (Lipinski definition) is 4. The number of halogens is 20. The number of benzene rings is 5. The summed E-state index contributed by atoms with van der Waals surface area (Å²) >= 11 is 0. The zero-order chi connectivity index (χ0) is 48.7. The van der Waals surface area contributed by atoms with Gasteiger partial charge in [0.25, 0.3) is 0 Å². The zero-order valence-corrected chi connectivity index (χ0v) is 30.7. The fraction of sp³-hybridized carbons (Fsp3) is 0.0526. The van der Waals surface area contributed by atoms with Crippen LogP contribution in [0.25, 0.3) is 0 Å². The van der Waals surface area contributed by atoms with Crippen LogP contribution in [0.3, 0.4) is 0 Å². The maximum Gasteiger partial charge on any atom is 0.363 e. The highest BCUT2D eigenvalue weighted by molar-refractivity contribution is 7.20. The van der Waals surface area contributed by atoms with E-state index in [-0.39, 0.29) is 5.69 Å². The van der Waals surface area contributed by atoms with Crippen LogP contribution >= 0.6 is 0 Å². The summed E-state index contributed by atoms with van der Waals surface area (Å²) in [7, 11) is 0. The number of aromatic nitrogens is 2. The molecule has 1 N–H and O–H groups in total. The van der Waals surface area contributed by atoms with E-state index in [0.29, 0.717) is 6.54 Å². The highest BCUT2D eigenvalue weighted by Gasteiger charge is 2.52. The molecule has 0 saturated heterocycles. The third kappa shape index (κ3) is 8.24. The number of nitrogens with zero attached hydrogens (tertiary/aromatic N) is 2. The van der Waals surface area contributed by atoms with Gasteiger partial charge in [0.15, 0.2) is 89.2 Å². The van der Waals surface area contributed by atoms with Gasteiger partial charge in [-0.2, -0.15) is 4.57 Å². The summed E-state index contributed by atoms with van der Waals surface area (Å²) in [5.74, 6) is -73.4. The average Bonchev–Trinajstić information content (AvgIpc) is 3.28. The first-order chi connectivity index (χ1) is 30.3. The van der Waals surface area contributed by atoms with Crippen LogP contribution in [-0.2, 0) is 16.1 Å². The lowest BCUT2D eigenvalue weighted by Gasteiger charge is -2.44. The summed E-state index contributed by atoms with van der Waals surface area (Å²) in [4.78, 5) is 25.8. The molecule has 6 rings (SSSR count). The molecule has 342 valence electrons. The molecule has 0 spiro atoms. The van der Waals surface area contributed by atoms with E-state index in [4.69, 9.17) is 5.11 Å². The normalized spacial score (nSPS) is 11.4. The molecular formula is C38H13BF20N2O4. The second-order valence-electron chi connectivity index (χ2n) is 12.9. The minimum atomic E-state index is -7.22. The van der Waals surface area contributed by atoms with Crippen molar-refractivity contribution >= 4 is 39.9 Å². The molecule has 0 atom stereocenters. The van der Waals surface area contributed by atoms with Crippen molar-refractivity contribution in [3.8, 4) is 0 Å². The third-order valence-electron chi connectivity index (χ3n) is 9.21. The molecule has 0 radical (unpaired) electrons. The number of esters is 1. The molecule has 5 aromatic carbocycles. The van der Waals surface area contributed by atoms with Crippen LogP contribution in [0.5, 0.6) is 0 Å². The van der Waals surface area contributed by atoms with Gasteiger partial charge in [-0.05, 0) is 0 Å². The molecular weight excluding hydrogens is 939 g/mol. The minimum absolute atomic E-state index is 0.0738. The number of aliphatic carboxylic acids is 1. The third-order valence-corrected chi connectivity index (χ3v) is 9.21. The van der Waals surface area contributed by atoms with Crippen molar-refractivity contribution in [3.63, 3.8) is 0 Å². The minimum Gasteiger partial charge on any atom is -0.479 e. The van der Waals surface area contributed by atoms with Crippen LogP contribution in [0, 0.1) is 116 Å². The Kier molecular flexibility index (Phi) is 13.9. The Balaban J connectivity index is 0.000000330. The quantitative estimate of drug-likeness (QED) is 0.0448. The van der Waals surface area contributed by atoms with Gasteiger partial charge in [-0.3, -0.25) is 0 Å². The van der Waals surface area contributed by atoms with Gasteiger partial charge in [-0.25, -0.2) is 102 Å². The fourth-order valence-corrected chi connectivity index (χ4v) is 6.51. The van der Waals surface area contributed by atoms with Gasteiger partial charge in [0, 0.05) is 5.56 Å². The molecule has 0 aliphatic heterocycles. The Morgan fingerprint density at radius 3 is 1.06 bits per heavy atom. The Morgan fingerprint density at radius 1 is 0.477 bits per heavy atom. The van der Waals surface area contributed by atoms with Crippen LogP contribution in [0.2, 0.25) is 0 Å². The van der Waals surface area contributed by atoms with Gasteiger partial charge in [0.05, 0.1) is 6.20 Å². The summed E-state index contributed by atoms with van der Waals surface area (Å²) in [5.41, 5.74) is -13.2. The lowest BCUT2D eigenvalue weighted by molar-refractivity contribution is -0.689. The first-order valence-electron chi connectivity index (χ1n) is 16.9. The first-order valence-corrected chi connectivity index (χ1v) is 16.9. The van der Waals surface area contributed by atoms with Crippen LogP contribution in [0.4, 0.5) is 87.8 Å². The van der Waals surface area contributed by atoms with Crippen LogP contribution in [-0.4, -0.2) is 34.8 Å². The first kappa shape index (κ1) is 48.8. The SMILES string of the molecule is Fc1c(F)c(F)c([B-](c2c(F)c(F)c(F)c(F)c2F)(c2c(F)c(F)c(F)c(F)c2F)c2c(F)c(F)c(F)c(F)c2F)c(F)c1F.O=C(O)COC(=O)c1c[n+](Cc2ccccc2)ccn1. The average molecular weight is 952 g/mol. The van der Waals surface area contributed by atoms with Crippen molar-refractivity contribution in [3.05, 3.63) is 177 Å². The molecule has 0 bridgehead atoms. The number of hydrogen-bond donors (Lipinski definition) is 1. The maximum atomic E-state index is 15.4. The highest BCUT2D eigenvalue weighted by Crippen LogP contribution is 2.30. The molecule has 6 aromatic rings. The molecule has 0 aliphatic carbocycles. The smallest absolute Gasteiger partial charge is 0.363 e. The van der Waals surface area contributed by atoms with Gasteiger partial charge < -0.3 is 9.84 Å². The van der Waals surface area contributed by atoms with Crippen LogP contribution in [0.15, 0.2) is 48.9 Å². The van der Waals surface area contributed by atoms with Crippen LogP contribution < -0.4 is 26.4 Å². The summed E-state index contributed by atoms with van der Waals surface area (Å²) < 4.78 is 300. The van der Waals surface area contributed by atoms with Crippen molar-refractivity contribution in [1.29, 1.82) is 0 Å². The number of carboxylic acid groups (broad SMARTS) is 1. The van der Waals surface area contributed by atoms with Crippen molar-refractivity contribution in [2.75, 3.05) is 6.61 Å². The number of carbonyl (C=O) groups is 2. The van der Waals surface area contributed by atoms with E-state index in [1.54, 1.807) is 10.8 Å². The summed E-state index contributed by atoms with van der Waals surface area (Å²) in [6.07, 6.45) is -2.50. The van der Waals surface area contributed by atoms with E-state index in [2.05, 4.69) is 9.72 Å². The molecule has 6 nitrogen and oxygen atoms in total. The van der Waals surface area contributed by atoms with Gasteiger partial charge in [0.2, 0.25) is 11.9 Å². The van der Waals surface area contributed by atoms with E-state index in [1.165, 1.54) is 12.4 Å². The highest BCUT2D eigenvalue weighted by atomic mass is 19.2. The molecule has 0 amide bonds. The van der Waals surface area contributed by atoms with Crippen molar-refractivity contribution in [2.45, 2.75) is 6.54 Å². The summed E-state index contributed by atoms with van der Waals surface area (Å²) in [6, 6.07) is 9.72. The predicted octanol–water partition coefficient (Wildman–Crippen LogP) is 6.50. The molecule has 0 unspecified atom stereocenters.